The molecule has 26 heavy (non-hydrogen) atoms. The fourth-order valence-corrected chi connectivity index (χ4v) is 2.94. The molecule has 4 nitrogen and oxygen atoms in total. The summed E-state index contributed by atoms with van der Waals surface area (Å²) < 4.78 is 44.0. The molecule has 0 radical (unpaired) electrons. The quantitative estimate of drug-likeness (QED) is 0.838. The van der Waals surface area contributed by atoms with Crippen molar-refractivity contribution in [2.24, 2.45) is 0 Å². The number of hydrogen-bond donors (Lipinski definition) is 2. The average molecular weight is 364 g/mol. The van der Waals surface area contributed by atoms with Gasteiger partial charge < -0.3 is 15.4 Å². The second-order valence-corrected chi connectivity index (χ2v) is 6.08. The van der Waals surface area contributed by atoms with Crippen LogP contribution >= 0.6 is 0 Å². The number of halogens is 3. The lowest BCUT2D eigenvalue weighted by atomic mass is 9.96. The fourth-order valence-electron chi connectivity index (χ4n) is 2.94. The number of carbonyl (C=O) groups is 1. The van der Waals surface area contributed by atoms with E-state index in [0.717, 1.165) is 17.7 Å². The number of ether oxygens (including phenoxy) is 1. The zero-order valence-electron chi connectivity index (χ0n) is 14.0. The summed E-state index contributed by atoms with van der Waals surface area (Å²) in [7, 11) is 0. The van der Waals surface area contributed by atoms with Crippen LogP contribution in [-0.2, 0) is 17.3 Å². The van der Waals surface area contributed by atoms with Gasteiger partial charge in [0.2, 0.25) is 0 Å². The number of alkyl halides is 3. The third kappa shape index (κ3) is 4.47. The maximum absolute atomic E-state index is 12.9. The number of alkyl carbamates (subject to hydrolysis) is 1. The van der Waals surface area contributed by atoms with Crippen LogP contribution < -0.4 is 10.6 Å². The molecule has 1 amide bonds. The first-order chi connectivity index (χ1) is 12.4. The maximum Gasteiger partial charge on any atom is 0.416 e. The smallest absolute Gasteiger partial charge is 0.416 e. The van der Waals surface area contributed by atoms with Crippen molar-refractivity contribution in [3.63, 3.8) is 0 Å². The van der Waals surface area contributed by atoms with Gasteiger partial charge >= 0.3 is 12.3 Å². The van der Waals surface area contributed by atoms with Crippen LogP contribution in [0.1, 0.15) is 29.2 Å². The van der Waals surface area contributed by atoms with Gasteiger partial charge in [-0.3, -0.25) is 0 Å². The van der Waals surface area contributed by atoms with Crippen LogP contribution in [0.3, 0.4) is 0 Å². The molecule has 0 fully saturated rings. The summed E-state index contributed by atoms with van der Waals surface area (Å²) in [6, 6.07) is 12.6. The Hall–Kier alpha value is -2.70. The number of amides is 1. The molecule has 0 aliphatic carbocycles. The molecule has 7 heteroatoms. The van der Waals surface area contributed by atoms with Gasteiger partial charge in [0.1, 0.15) is 0 Å². The minimum absolute atomic E-state index is 0.205. The first-order valence-electron chi connectivity index (χ1n) is 8.36. The summed E-state index contributed by atoms with van der Waals surface area (Å²) in [4.78, 5) is 12.0. The SMILES string of the molecule is O=C(N[C@H]1CCNc2ccc(C(F)(F)F)cc21)OCCc1ccccc1. The van der Waals surface area contributed by atoms with Crippen molar-refractivity contribution >= 4 is 11.8 Å². The number of nitrogens with one attached hydrogen (secondary N) is 2. The molecule has 3 rings (SSSR count). The Morgan fingerprint density at radius 2 is 1.96 bits per heavy atom. The minimum atomic E-state index is -4.42. The molecule has 1 aliphatic heterocycles. The summed E-state index contributed by atoms with van der Waals surface area (Å²) in [5, 5.41) is 5.72. The molecule has 2 N–H and O–H groups in total. The van der Waals surface area contributed by atoms with Crippen LogP contribution in [-0.4, -0.2) is 19.2 Å². The third-order valence-corrected chi connectivity index (χ3v) is 4.26. The molecule has 0 unspecified atom stereocenters. The van der Waals surface area contributed by atoms with E-state index in [-0.39, 0.29) is 6.61 Å². The van der Waals surface area contributed by atoms with E-state index in [1.807, 2.05) is 30.3 Å². The van der Waals surface area contributed by atoms with E-state index in [4.69, 9.17) is 4.74 Å². The standard InChI is InChI=1S/C19H19F3N2O2/c20-19(21,22)14-6-7-16-15(12-14)17(8-10-23-16)24-18(25)26-11-9-13-4-2-1-3-5-13/h1-7,12,17,23H,8-11H2,(H,24,25)/t17-/m0/s1. The predicted molar refractivity (Wildman–Crippen MR) is 91.9 cm³/mol. The Morgan fingerprint density at radius 1 is 1.19 bits per heavy atom. The molecule has 0 bridgehead atoms. The van der Waals surface area contributed by atoms with Crippen molar-refractivity contribution < 1.29 is 22.7 Å². The summed E-state index contributed by atoms with van der Waals surface area (Å²) in [6.07, 6.45) is -3.99. The molecule has 0 saturated heterocycles. The summed E-state index contributed by atoms with van der Waals surface area (Å²) in [5.74, 6) is 0. The van der Waals surface area contributed by atoms with Crippen LogP contribution in [0.4, 0.5) is 23.7 Å². The van der Waals surface area contributed by atoms with E-state index >= 15 is 0 Å². The van der Waals surface area contributed by atoms with Crippen molar-refractivity contribution in [3.05, 3.63) is 65.2 Å². The molecule has 0 saturated carbocycles. The Bertz CT molecular complexity index is 763. The average Bonchev–Trinajstić information content (AvgIpc) is 2.62. The first-order valence-corrected chi connectivity index (χ1v) is 8.36. The normalized spacial score (nSPS) is 16.3. The highest BCUT2D eigenvalue weighted by molar-refractivity contribution is 5.69. The number of hydrogen-bond acceptors (Lipinski definition) is 3. The zero-order chi connectivity index (χ0) is 18.6. The van der Waals surface area contributed by atoms with Gasteiger partial charge in [-0.25, -0.2) is 4.79 Å². The molecule has 1 heterocycles. The van der Waals surface area contributed by atoms with Crippen LogP contribution in [0.25, 0.3) is 0 Å². The Labute approximate surface area is 149 Å². The molecule has 2 aromatic carbocycles. The lowest BCUT2D eigenvalue weighted by molar-refractivity contribution is -0.137. The van der Waals surface area contributed by atoms with Crippen molar-refractivity contribution in [2.75, 3.05) is 18.5 Å². The van der Waals surface area contributed by atoms with Crippen molar-refractivity contribution in [1.82, 2.24) is 5.32 Å². The van der Waals surface area contributed by atoms with Crippen molar-refractivity contribution in [1.29, 1.82) is 0 Å². The third-order valence-electron chi connectivity index (χ3n) is 4.26. The first kappa shape index (κ1) is 18.1. The van der Waals surface area contributed by atoms with E-state index < -0.39 is 23.9 Å². The van der Waals surface area contributed by atoms with E-state index in [1.165, 1.54) is 6.07 Å². The summed E-state index contributed by atoms with van der Waals surface area (Å²) in [6.45, 7) is 0.767. The summed E-state index contributed by atoms with van der Waals surface area (Å²) >= 11 is 0. The summed E-state index contributed by atoms with van der Waals surface area (Å²) in [5.41, 5.74) is 1.33. The second kappa shape index (κ2) is 7.68. The second-order valence-electron chi connectivity index (χ2n) is 6.08. The van der Waals surface area contributed by atoms with E-state index in [1.54, 1.807) is 0 Å². The zero-order valence-corrected chi connectivity index (χ0v) is 14.0. The van der Waals surface area contributed by atoms with Gasteiger partial charge in [-0.1, -0.05) is 30.3 Å². The lowest BCUT2D eigenvalue weighted by Crippen LogP contribution is -2.33. The van der Waals surface area contributed by atoms with Crippen LogP contribution in [0.15, 0.2) is 48.5 Å². The van der Waals surface area contributed by atoms with Crippen LogP contribution in [0, 0.1) is 0 Å². The molecule has 1 atom stereocenters. The van der Waals surface area contributed by atoms with Crippen molar-refractivity contribution in [3.8, 4) is 0 Å². The molecule has 0 aromatic heterocycles. The Kier molecular flexibility index (Phi) is 5.35. The minimum Gasteiger partial charge on any atom is -0.449 e. The molecule has 2 aromatic rings. The number of anilines is 1. The van der Waals surface area contributed by atoms with E-state index in [0.29, 0.717) is 30.6 Å². The maximum atomic E-state index is 12.9. The molecular weight excluding hydrogens is 345 g/mol. The molecular formula is C19H19F3N2O2. The van der Waals surface area contributed by atoms with E-state index in [9.17, 15) is 18.0 Å². The van der Waals surface area contributed by atoms with Gasteiger partial charge in [-0.05, 0) is 35.7 Å². The van der Waals surface area contributed by atoms with Gasteiger partial charge in [-0.2, -0.15) is 13.2 Å². The largest absolute Gasteiger partial charge is 0.449 e. The molecule has 1 aliphatic rings. The molecule has 138 valence electrons. The van der Waals surface area contributed by atoms with Gasteiger partial charge in [-0.15, -0.1) is 0 Å². The topological polar surface area (TPSA) is 50.4 Å². The highest BCUT2D eigenvalue weighted by Crippen LogP contribution is 2.36. The number of benzene rings is 2. The highest BCUT2D eigenvalue weighted by Gasteiger charge is 2.33. The van der Waals surface area contributed by atoms with Gasteiger partial charge in [0.25, 0.3) is 0 Å². The van der Waals surface area contributed by atoms with Crippen LogP contribution in [0.2, 0.25) is 0 Å². The highest BCUT2D eigenvalue weighted by atomic mass is 19.4. The number of carbonyl (C=O) groups excluding carboxylic acids is 1. The monoisotopic (exact) mass is 364 g/mol. The fraction of sp³-hybridized carbons (Fsp3) is 0.316. The molecule has 0 spiro atoms. The Morgan fingerprint density at radius 3 is 2.69 bits per heavy atom. The van der Waals surface area contributed by atoms with Crippen molar-refractivity contribution in [2.45, 2.75) is 25.1 Å². The van der Waals surface area contributed by atoms with Crippen LogP contribution in [0.5, 0.6) is 0 Å². The lowest BCUT2D eigenvalue weighted by Gasteiger charge is -2.28. The van der Waals surface area contributed by atoms with Gasteiger partial charge in [0.15, 0.2) is 0 Å². The predicted octanol–water partition coefficient (Wildman–Crippen LogP) is 4.53. The number of fused-ring (bicyclic) bond motifs is 1. The number of rotatable bonds is 4. The van der Waals surface area contributed by atoms with E-state index in [2.05, 4.69) is 10.6 Å². The van der Waals surface area contributed by atoms with Gasteiger partial charge in [0, 0.05) is 18.7 Å². The van der Waals surface area contributed by atoms with Gasteiger partial charge in [0.05, 0.1) is 18.2 Å². The Balaban J connectivity index is 1.61.